The molecule has 132 valence electrons. The molecule has 0 fully saturated rings. The fourth-order valence-electron chi connectivity index (χ4n) is 2.24. The van der Waals surface area contributed by atoms with Crippen LogP contribution in [0.25, 0.3) is 0 Å². The van der Waals surface area contributed by atoms with Crippen molar-refractivity contribution < 1.29 is 22.4 Å². The van der Waals surface area contributed by atoms with Crippen LogP contribution in [-0.2, 0) is 0 Å². The lowest BCUT2D eigenvalue weighted by molar-refractivity contribution is 0.102. The molecule has 3 nitrogen and oxygen atoms in total. The number of benzene rings is 3. The van der Waals surface area contributed by atoms with Crippen molar-refractivity contribution in [1.82, 2.24) is 0 Å². The highest BCUT2D eigenvalue weighted by molar-refractivity contribution is 6.04. The Kier molecular flexibility index (Phi) is 4.88. The van der Waals surface area contributed by atoms with Crippen LogP contribution >= 0.6 is 0 Å². The highest BCUT2D eigenvalue weighted by Gasteiger charge is 2.11. The minimum Gasteiger partial charge on any atom is -0.351 e. The van der Waals surface area contributed by atoms with Crippen molar-refractivity contribution in [3.63, 3.8) is 0 Å². The second-order valence-corrected chi connectivity index (χ2v) is 5.38. The molecule has 0 aliphatic heterocycles. The monoisotopic (exact) mass is 360 g/mol. The number of carbonyl (C=O) groups is 1. The number of anilines is 3. The maximum atomic E-state index is 13.6. The van der Waals surface area contributed by atoms with E-state index >= 15 is 0 Å². The van der Waals surface area contributed by atoms with Crippen LogP contribution in [0.15, 0.2) is 60.7 Å². The number of rotatable bonds is 4. The largest absolute Gasteiger partial charge is 0.351 e. The van der Waals surface area contributed by atoms with Crippen LogP contribution in [0.3, 0.4) is 0 Å². The molecule has 0 aromatic heterocycles. The first kappa shape index (κ1) is 17.5. The molecule has 0 heterocycles. The third-order valence-corrected chi connectivity index (χ3v) is 3.56. The summed E-state index contributed by atoms with van der Waals surface area (Å²) in [7, 11) is 0. The molecule has 0 aliphatic rings. The Bertz CT molecular complexity index is 938. The molecule has 2 N–H and O–H groups in total. The molecule has 0 saturated heterocycles. The molecule has 0 radical (unpaired) electrons. The smallest absolute Gasteiger partial charge is 0.255 e. The zero-order valence-electron chi connectivity index (χ0n) is 13.2. The fraction of sp³-hybridized carbons (Fsp3) is 0. The Hall–Kier alpha value is -3.35. The van der Waals surface area contributed by atoms with Gasteiger partial charge in [-0.3, -0.25) is 4.79 Å². The molecule has 26 heavy (non-hydrogen) atoms. The van der Waals surface area contributed by atoms with Crippen molar-refractivity contribution in [3.05, 3.63) is 89.5 Å². The minimum absolute atomic E-state index is 0.0421. The first-order valence-electron chi connectivity index (χ1n) is 7.51. The fourth-order valence-corrected chi connectivity index (χ4v) is 2.24. The lowest BCUT2D eigenvalue weighted by atomic mass is 10.2. The van der Waals surface area contributed by atoms with Gasteiger partial charge in [-0.15, -0.1) is 0 Å². The van der Waals surface area contributed by atoms with Crippen LogP contribution in [0, 0.1) is 23.3 Å². The summed E-state index contributed by atoms with van der Waals surface area (Å²) in [6, 6.07) is 12.3. The van der Waals surface area contributed by atoms with E-state index in [-0.39, 0.29) is 11.3 Å². The molecule has 0 unspecified atom stereocenters. The number of halogens is 4. The second kappa shape index (κ2) is 7.26. The summed E-state index contributed by atoms with van der Waals surface area (Å²) < 4.78 is 53.3. The summed E-state index contributed by atoms with van der Waals surface area (Å²) in [5.74, 6) is -4.26. The number of hydrogen-bond acceptors (Lipinski definition) is 2. The molecule has 3 aromatic carbocycles. The predicted molar refractivity (Wildman–Crippen MR) is 90.4 cm³/mol. The zero-order valence-corrected chi connectivity index (χ0v) is 13.2. The summed E-state index contributed by atoms with van der Waals surface area (Å²) >= 11 is 0. The van der Waals surface area contributed by atoms with E-state index < -0.39 is 29.2 Å². The van der Waals surface area contributed by atoms with Crippen molar-refractivity contribution >= 4 is 23.0 Å². The van der Waals surface area contributed by atoms with Gasteiger partial charge in [0.25, 0.3) is 5.91 Å². The summed E-state index contributed by atoms with van der Waals surface area (Å²) in [6.07, 6.45) is 0. The lowest BCUT2D eigenvalue weighted by Crippen LogP contribution is -2.12. The van der Waals surface area contributed by atoms with Crippen molar-refractivity contribution in [3.8, 4) is 0 Å². The SMILES string of the molecule is O=C(Nc1ccc(Nc2c(F)cccc2F)cc1)c1ccc(F)c(F)c1. The molecular formula is C19H12F4N2O. The van der Waals surface area contributed by atoms with Crippen LogP contribution in [0.4, 0.5) is 34.6 Å². The quantitative estimate of drug-likeness (QED) is 0.625. The molecule has 0 atom stereocenters. The first-order valence-corrected chi connectivity index (χ1v) is 7.51. The van der Waals surface area contributed by atoms with Gasteiger partial charge in [-0.25, -0.2) is 17.6 Å². The average molecular weight is 360 g/mol. The molecule has 7 heteroatoms. The number of para-hydroxylation sites is 1. The van der Waals surface area contributed by atoms with Gasteiger partial charge >= 0.3 is 0 Å². The summed E-state index contributed by atoms with van der Waals surface area (Å²) in [6.45, 7) is 0. The van der Waals surface area contributed by atoms with Gasteiger partial charge in [-0.05, 0) is 54.6 Å². The molecule has 0 bridgehead atoms. The Morgan fingerprint density at radius 3 is 1.92 bits per heavy atom. The van der Waals surface area contributed by atoms with Crippen molar-refractivity contribution in [2.45, 2.75) is 0 Å². The van der Waals surface area contributed by atoms with Gasteiger partial charge in [-0.2, -0.15) is 0 Å². The van der Waals surface area contributed by atoms with E-state index in [4.69, 9.17) is 0 Å². The van der Waals surface area contributed by atoms with E-state index in [1.807, 2.05) is 0 Å². The topological polar surface area (TPSA) is 41.1 Å². The number of nitrogens with one attached hydrogen (secondary N) is 2. The van der Waals surface area contributed by atoms with E-state index in [0.717, 1.165) is 30.3 Å². The second-order valence-electron chi connectivity index (χ2n) is 5.38. The highest BCUT2D eigenvalue weighted by atomic mass is 19.2. The van der Waals surface area contributed by atoms with Crippen LogP contribution in [0.5, 0.6) is 0 Å². The Labute approximate surface area is 146 Å². The van der Waals surface area contributed by atoms with E-state index in [2.05, 4.69) is 10.6 Å². The number of amides is 1. The normalized spacial score (nSPS) is 10.5. The molecule has 3 aromatic rings. The third-order valence-electron chi connectivity index (χ3n) is 3.56. The maximum absolute atomic E-state index is 13.6. The van der Waals surface area contributed by atoms with Crippen LogP contribution in [0.2, 0.25) is 0 Å². The van der Waals surface area contributed by atoms with Crippen molar-refractivity contribution in [1.29, 1.82) is 0 Å². The Morgan fingerprint density at radius 2 is 1.31 bits per heavy atom. The van der Waals surface area contributed by atoms with Crippen LogP contribution in [0.1, 0.15) is 10.4 Å². The third kappa shape index (κ3) is 3.83. The molecule has 3 rings (SSSR count). The Balaban J connectivity index is 1.71. The zero-order chi connectivity index (χ0) is 18.7. The number of hydrogen-bond donors (Lipinski definition) is 2. The van der Waals surface area contributed by atoms with Gasteiger partial charge in [0.15, 0.2) is 11.6 Å². The maximum Gasteiger partial charge on any atom is 0.255 e. The van der Waals surface area contributed by atoms with Gasteiger partial charge in [0, 0.05) is 16.9 Å². The van der Waals surface area contributed by atoms with E-state index in [0.29, 0.717) is 11.4 Å². The van der Waals surface area contributed by atoms with Crippen molar-refractivity contribution in [2.75, 3.05) is 10.6 Å². The van der Waals surface area contributed by atoms with E-state index in [9.17, 15) is 22.4 Å². The van der Waals surface area contributed by atoms with E-state index in [1.54, 1.807) is 0 Å². The van der Waals surface area contributed by atoms with Gasteiger partial charge < -0.3 is 10.6 Å². The minimum atomic E-state index is -1.12. The first-order chi connectivity index (χ1) is 12.4. The molecule has 0 spiro atoms. The predicted octanol–water partition coefficient (Wildman–Crippen LogP) is 5.24. The highest BCUT2D eigenvalue weighted by Crippen LogP contribution is 2.24. The molecule has 0 saturated carbocycles. The molecule has 0 aliphatic carbocycles. The van der Waals surface area contributed by atoms with Crippen LogP contribution < -0.4 is 10.6 Å². The van der Waals surface area contributed by atoms with Gasteiger partial charge in [0.1, 0.15) is 17.3 Å². The Morgan fingerprint density at radius 1 is 0.692 bits per heavy atom. The van der Waals surface area contributed by atoms with Gasteiger partial charge in [0.05, 0.1) is 0 Å². The lowest BCUT2D eigenvalue weighted by Gasteiger charge is -2.10. The molecule has 1 amide bonds. The molecular weight excluding hydrogens is 348 g/mol. The van der Waals surface area contributed by atoms with Gasteiger partial charge in [0.2, 0.25) is 0 Å². The summed E-state index contributed by atoms with van der Waals surface area (Å²) in [5.41, 5.74) is 0.449. The summed E-state index contributed by atoms with van der Waals surface area (Å²) in [4.78, 5) is 12.0. The average Bonchev–Trinajstić information content (AvgIpc) is 2.62. The van der Waals surface area contributed by atoms with E-state index in [1.165, 1.54) is 30.3 Å². The summed E-state index contributed by atoms with van der Waals surface area (Å²) in [5, 5.41) is 5.13. The standard InChI is InChI=1S/C19H12F4N2O/c20-14-9-4-11(10-17(14)23)19(26)25-13-7-5-12(6-8-13)24-18-15(21)2-1-3-16(18)22/h1-10,24H,(H,25,26). The van der Waals surface area contributed by atoms with Crippen molar-refractivity contribution in [2.24, 2.45) is 0 Å². The van der Waals surface area contributed by atoms with Crippen LogP contribution in [-0.4, -0.2) is 5.91 Å². The van der Waals surface area contributed by atoms with Gasteiger partial charge in [-0.1, -0.05) is 6.07 Å². The number of carbonyl (C=O) groups excluding carboxylic acids is 1.